The molecule has 3 N–H and O–H groups in total. The molecule has 1 aromatic carbocycles. The normalized spacial score (nSPS) is 14.0. The summed E-state index contributed by atoms with van der Waals surface area (Å²) >= 11 is 0. The number of aromatic nitrogens is 2. The van der Waals surface area contributed by atoms with E-state index in [1.54, 1.807) is 37.8 Å². The lowest BCUT2D eigenvalue weighted by Gasteiger charge is -2.30. The molecule has 1 atom stereocenters. The van der Waals surface area contributed by atoms with Gasteiger partial charge in [-0.15, -0.1) is 0 Å². The van der Waals surface area contributed by atoms with Crippen molar-refractivity contribution in [1.29, 1.82) is 0 Å². The Hall–Kier alpha value is -3.79. The van der Waals surface area contributed by atoms with Gasteiger partial charge < -0.3 is 20.1 Å². The standard InChI is InChI=1S/C28H34FN5O4/c1-34(27(36)32-16-21-8-5-10-24(29)26(21)19-6-4-7-19)23(9-2-3-13-35)18-38-28(37)33-25-14-20-11-12-30-15-22(20)17-31-25/h5,8,10-12,14-15,17,19,23,35H,2-4,6-7,9,13,16,18H2,1H3,(H,32,36)(H,31,33,37)/t23-/m0/s1. The van der Waals surface area contributed by atoms with E-state index in [1.807, 2.05) is 12.1 Å². The number of hydrogen-bond acceptors (Lipinski definition) is 6. The van der Waals surface area contributed by atoms with Crippen LogP contribution in [0.4, 0.5) is 19.8 Å². The molecule has 9 nitrogen and oxygen atoms in total. The number of fused-ring (bicyclic) bond motifs is 1. The summed E-state index contributed by atoms with van der Waals surface area (Å²) in [6.45, 7) is 0.212. The van der Waals surface area contributed by atoms with Crippen molar-refractivity contribution in [2.24, 2.45) is 0 Å². The minimum absolute atomic E-state index is 0.0357. The quantitative estimate of drug-likeness (QED) is 0.306. The summed E-state index contributed by atoms with van der Waals surface area (Å²) in [7, 11) is 1.64. The zero-order valence-electron chi connectivity index (χ0n) is 21.5. The second-order valence-corrected chi connectivity index (χ2v) is 9.60. The first-order valence-corrected chi connectivity index (χ1v) is 13.0. The number of anilines is 1. The Bertz CT molecular complexity index is 1250. The molecule has 38 heavy (non-hydrogen) atoms. The number of nitrogens with one attached hydrogen (secondary N) is 2. The molecular formula is C28H34FN5O4. The van der Waals surface area contributed by atoms with Crippen LogP contribution in [0.25, 0.3) is 10.8 Å². The van der Waals surface area contributed by atoms with Crippen molar-refractivity contribution in [1.82, 2.24) is 20.2 Å². The molecule has 3 amide bonds. The molecule has 0 radical (unpaired) electrons. The van der Waals surface area contributed by atoms with E-state index in [4.69, 9.17) is 4.74 Å². The minimum Gasteiger partial charge on any atom is -0.447 e. The van der Waals surface area contributed by atoms with Crippen LogP contribution in [0, 0.1) is 5.82 Å². The minimum atomic E-state index is -0.684. The number of aliphatic hydroxyl groups is 1. The van der Waals surface area contributed by atoms with Gasteiger partial charge in [-0.25, -0.2) is 19.0 Å². The maximum Gasteiger partial charge on any atom is 0.412 e. The Balaban J connectivity index is 1.34. The van der Waals surface area contributed by atoms with Crippen LogP contribution in [0.15, 0.2) is 48.9 Å². The lowest BCUT2D eigenvalue weighted by molar-refractivity contribution is 0.112. The Kier molecular flexibility index (Phi) is 9.42. The van der Waals surface area contributed by atoms with Crippen molar-refractivity contribution in [3.05, 3.63) is 65.9 Å². The molecular weight excluding hydrogens is 489 g/mol. The van der Waals surface area contributed by atoms with Gasteiger partial charge in [0, 0.05) is 44.2 Å². The van der Waals surface area contributed by atoms with Gasteiger partial charge in [0.05, 0.1) is 6.04 Å². The lowest BCUT2D eigenvalue weighted by Crippen LogP contribution is -2.46. The molecule has 0 spiro atoms. The number of likely N-dealkylation sites (N-methyl/N-ethyl adjacent to an activating group) is 1. The molecule has 1 aliphatic rings. The molecule has 2 heterocycles. The smallest absolute Gasteiger partial charge is 0.412 e. The van der Waals surface area contributed by atoms with Gasteiger partial charge in [-0.3, -0.25) is 10.3 Å². The van der Waals surface area contributed by atoms with Gasteiger partial charge in [0.2, 0.25) is 0 Å². The van der Waals surface area contributed by atoms with Crippen LogP contribution < -0.4 is 10.6 Å². The number of aliphatic hydroxyl groups excluding tert-OH is 1. The van der Waals surface area contributed by atoms with Crippen LogP contribution >= 0.6 is 0 Å². The Labute approximate surface area is 221 Å². The molecule has 1 aliphatic carbocycles. The second-order valence-electron chi connectivity index (χ2n) is 9.60. The van der Waals surface area contributed by atoms with Crippen LogP contribution in [0.2, 0.25) is 0 Å². The van der Waals surface area contributed by atoms with Crippen molar-refractivity contribution in [2.45, 2.75) is 57.0 Å². The van der Waals surface area contributed by atoms with E-state index in [9.17, 15) is 19.1 Å². The average Bonchev–Trinajstić information content (AvgIpc) is 2.89. The number of amides is 3. The molecule has 0 bridgehead atoms. The number of carbonyl (C=O) groups excluding carboxylic acids is 2. The third-order valence-electron chi connectivity index (χ3n) is 7.06. The summed E-state index contributed by atoms with van der Waals surface area (Å²) < 4.78 is 19.9. The molecule has 2 aromatic heterocycles. The Morgan fingerprint density at radius 1 is 1.21 bits per heavy atom. The summed E-state index contributed by atoms with van der Waals surface area (Å²) in [4.78, 5) is 35.2. The van der Waals surface area contributed by atoms with Gasteiger partial charge in [0.1, 0.15) is 18.2 Å². The summed E-state index contributed by atoms with van der Waals surface area (Å²) in [6.07, 6.45) is 9.04. The zero-order valence-corrected chi connectivity index (χ0v) is 21.5. The molecule has 0 aliphatic heterocycles. The molecule has 0 saturated heterocycles. The number of unbranched alkanes of at least 4 members (excludes halogenated alkanes) is 1. The van der Waals surface area contributed by atoms with Gasteiger partial charge in [-0.1, -0.05) is 18.6 Å². The van der Waals surface area contributed by atoms with Crippen LogP contribution in [0.3, 0.4) is 0 Å². The number of hydrogen-bond donors (Lipinski definition) is 3. The van der Waals surface area contributed by atoms with Crippen LogP contribution in [-0.4, -0.2) is 58.4 Å². The number of urea groups is 1. The molecule has 3 aromatic rings. The number of benzene rings is 1. The van der Waals surface area contributed by atoms with Crippen LogP contribution in [0.5, 0.6) is 0 Å². The van der Waals surface area contributed by atoms with Gasteiger partial charge in [0.15, 0.2) is 0 Å². The predicted molar refractivity (Wildman–Crippen MR) is 142 cm³/mol. The first-order valence-electron chi connectivity index (χ1n) is 13.0. The highest BCUT2D eigenvalue weighted by Gasteiger charge is 2.26. The molecule has 202 valence electrons. The second kappa shape index (κ2) is 13.1. The van der Waals surface area contributed by atoms with E-state index in [1.165, 1.54) is 11.0 Å². The van der Waals surface area contributed by atoms with E-state index in [2.05, 4.69) is 20.6 Å². The average molecular weight is 524 g/mol. The fourth-order valence-corrected chi connectivity index (χ4v) is 4.59. The highest BCUT2D eigenvalue weighted by atomic mass is 19.1. The monoisotopic (exact) mass is 523 g/mol. The summed E-state index contributed by atoms with van der Waals surface area (Å²) in [5, 5.41) is 16.4. The number of rotatable bonds is 11. The highest BCUT2D eigenvalue weighted by Crippen LogP contribution is 2.39. The van der Waals surface area contributed by atoms with E-state index in [0.717, 1.165) is 35.6 Å². The van der Waals surface area contributed by atoms with Crippen molar-refractivity contribution in [3.63, 3.8) is 0 Å². The largest absolute Gasteiger partial charge is 0.447 e. The van der Waals surface area contributed by atoms with Gasteiger partial charge in [0.25, 0.3) is 0 Å². The predicted octanol–water partition coefficient (Wildman–Crippen LogP) is 4.96. The number of carbonyl (C=O) groups is 2. The Morgan fingerprint density at radius 2 is 2.05 bits per heavy atom. The molecule has 1 saturated carbocycles. The lowest BCUT2D eigenvalue weighted by atomic mass is 9.78. The topological polar surface area (TPSA) is 117 Å². The van der Waals surface area contributed by atoms with Gasteiger partial charge in [-0.05, 0) is 72.7 Å². The van der Waals surface area contributed by atoms with Crippen molar-refractivity contribution < 1.29 is 23.8 Å². The van der Waals surface area contributed by atoms with Gasteiger partial charge >= 0.3 is 12.1 Å². The highest BCUT2D eigenvalue weighted by molar-refractivity contribution is 5.88. The van der Waals surface area contributed by atoms with Gasteiger partial charge in [-0.2, -0.15) is 0 Å². The molecule has 4 rings (SSSR count). The number of ether oxygens (including phenoxy) is 1. The van der Waals surface area contributed by atoms with Crippen LogP contribution in [-0.2, 0) is 11.3 Å². The fraction of sp³-hybridized carbons (Fsp3) is 0.429. The third-order valence-corrected chi connectivity index (χ3v) is 7.06. The number of nitrogens with zero attached hydrogens (tertiary/aromatic N) is 3. The maximum absolute atomic E-state index is 14.5. The maximum atomic E-state index is 14.5. The Morgan fingerprint density at radius 3 is 2.82 bits per heavy atom. The van der Waals surface area contributed by atoms with Crippen molar-refractivity contribution in [3.8, 4) is 0 Å². The van der Waals surface area contributed by atoms with E-state index in [-0.39, 0.29) is 37.5 Å². The third kappa shape index (κ3) is 6.95. The van der Waals surface area contributed by atoms with E-state index >= 15 is 0 Å². The fourth-order valence-electron chi connectivity index (χ4n) is 4.59. The first-order chi connectivity index (χ1) is 18.5. The number of pyridine rings is 2. The molecule has 10 heteroatoms. The van der Waals surface area contributed by atoms with Crippen molar-refractivity contribution in [2.75, 3.05) is 25.6 Å². The van der Waals surface area contributed by atoms with E-state index < -0.39 is 12.1 Å². The first kappa shape index (κ1) is 27.3. The van der Waals surface area contributed by atoms with E-state index in [0.29, 0.717) is 30.6 Å². The summed E-state index contributed by atoms with van der Waals surface area (Å²) in [5.74, 6) is 0.315. The zero-order chi connectivity index (χ0) is 26.9. The summed E-state index contributed by atoms with van der Waals surface area (Å²) in [6, 6.07) is 7.75. The van der Waals surface area contributed by atoms with Crippen LogP contribution in [0.1, 0.15) is 55.6 Å². The number of halogens is 1. The SMILES string of the molecule is CN(C(=O)NCc1cccc(F)c1C1CCC1)[C@@H](CCCCO)COC(=O)Nc1cc2ccncc2cn1. The molecule has 1 fully saturated rings. The molecule has 0 unspecified atom stereocenters. The summed E-state index contributed by atoms with van der Waals surface area (Å²) in [5.41, 5.74) is 1.47. The van der Waals surface area contributed by atoms with Crippen molar-refractivity contribution >= 4 is 28.7 Å².